The van der Waals surface area contributed by atoms with Crippen molar-refractivity contribution in [1.82, 2.24) is 20.4 Å². The molecule has 0 aromatic heterocycles. The predicted octanol–water partition coefficient (Wildman–Crippen LogP) is 2.69. The van der Waals surface area contributed by atoms with Gasteiger partial charge < -0.3 is 15.4 Å². The van der Waals surface area contributed by atoms with Crippen LogP contribution >= 0.6 is 0 Å². The van der Waals surface area contributed by atoms with Crippen molar-refractivity contribution in [2.45, 2.75) is 52.7 Å². The van der Waals surface area contributed by atoms with Crippen molar-refractivity contribution in [1.29, 1.82) is 0 Å². The second-order valence-corrected chi connectivity index (χ2v) is 8.92. The SMILES string of the molecule is CCNC(=NCc1ccccc1CN1CCOCC1)NC[C@H]1CCCN1CC(C)C. The molecule has 0 aliphatic carbocycles. The van der Waals surface area contributed by atoms with Crippen LogP contribution in [0.4, 0.5) is 0 Å². The maximum absolute atomic E-state index is 5.49. The van der Waals surface area contributed by atoms with E-state index in [0.717, 1.165) is 57.8 Å². The molecule has 3 rings (SSSR count). The van der Waals surface area contributed by atoms with Crippen molar-refractivity contribution in [3.8, 4) is 0 Å². The van der Waals surface area contributed by atoms with Crippen molar-refractivity contribution >= 4 is 5.96 Å². The van der Waals surface area contributed by atoms with E-state index < -0.39 is 0 Å². The number of aliphatic imine (C=N–C) groups is 1. The van der Waals surface area contributed by atoms with Crippen molar-refractivity contribution in [2.24, 2.45) is 10.9 Å². The van der Waals surface area contributed by atoms with Gasteiger partial charge in [0, 0.05) is 45.3 Å². The normalized spacial score (nSPS) is 21.3. The monoisotopic (exact) mass is 415 g/mol. The third-order valence-corrected chi connectivity index (χ3v) is 5.97. The number of guanidine groups is 1. The van der Waals surface area contributed by atoms with Crippen LogP contribution in [0.1, 0.15) is 44.7 Å². The van der Waals surface area contributed by atoms with Gasteiger partial charge in [0.25, 0.3) is 0 Å². The molecule has 6 heteroatoms. The van der Waals surface area contributed by atoms with Gasteiger partial charge in [-0.15, -0.1) is 0 Å². The van der Waals surface area contributed by atoms with Crippen LogP contribution in [-0.4, -0.2) is 74.3 Å². The summed E-state index contributed by atoms with van der Waals surface area (Å²) in [5.74, 6) is 1.64. The summed E-state index contributed by atoms with van der Waals surface area (Å²) in [5, 5.41) is 7.03. The molecular formula is C24H41N5O. The Morgan fingerprint density at radius 2 is 1.90 bits per heavy atom. The zero-order chi connectivity index (χ0) is 21.2. The summed E-state index contributed by atoms with van der Waals surface area (Å²) in [6, 6.07) is 9.32. The Hall–Kier alpha value is -1.63. The number of ether oxygens (including phenoxy) is 1. The van der Waals surface area contributed by atoms with Gasteiger partial charge in [0.05, 0.1) is 19.8 Å². The number of morpholine rings is 1. The molecule has 2 aliphatic heterocycles. The largest absolute Gasteiger partial charge is 0.379 e. The van der Waals surface area contributed by atoms with Crippen LogP contribution < -0.4 is 10.6 Å². The summed E-state index contributed by atoms with van der Waals surface area (Å²) < 4.78 is 5.49. The Morgan fingerprint density at radius 1 is 1.13 bits per heavy atom. The van der Waals surface area contributed by atoms with Crippen molar-refractivity contribution in [3.63, 3.8) is 0 Å². The van der Waals surface area contributed by atoms with Gasteiger partial charge in [-0.3, -0.25) is 9.80 Å². The van der Waals surface area contributed by atoms with Gasteiger partial charge in [0.15, 0.2) is 5.96 Å². The van der Waals surface area contributed by atoms with Crippen molar-refractivity contribution in [2.75, 3.05) is 52.5 Å². The zero-order valence-corrected chi connectivity index (χ0v) is 19.2. The topological polar surface area (TPSA) is 52.1 Å². The summed E-state index contributed by atoms with van der Waals surface area (Å²) in [4.78, 5) is 10.0. The van der Waals surface area contributed by atoms with E-state index in [1.165, 1.54) is 37.1 Å². The number of benzene rings is 1. The molecule has 168 valence electrons. The van der Waals surface area contributed by atoms with Gasteiger partial charge in [0.1, 0.15) is 0 Å². The van der Waals surface area contributed by atoms with Gasteiger partial charge in [-0.25, -0.2) is 4.99 Å². The first kappa shape index (κ1) is 23.0. The Labute approximate surface area is 183 Å². The molecule has 2 aliphatic rings. The third kappa shape index (κ3) is 7.25. The van der Waals surface area contributed by atoms with E-state index >= 15 is 0 Å². The second kappa shape index (κ2) is 12.3. The fourth-order valence-corrected chi connectivity index (χ4v) is 4.42. The van der Waals surface area contributed by atoms with Crippen LogP contribution in [0.25, 0.3) is 0 Å². The maximum Gasteiger partial charge on any atom is 0.191 e. The first-order valence-corrected chi connectivity index (χ1v) is 11.8. The molecule has 0 bridgehead atoms. The Kier molecular flexibility index (Phi) is 9.43. The zero-order valence-electron chi connectivity index (χ0n) is 19.2. The van der Waals surface area contributed by atoms with E-state index in [9.17, 15) is 0 Å². The molecule has 1 aromatic rings. The van der Waals surface area contributed by atoms with Crippen LogP contribution in [0.5, 0.6) is 0 Å². The van der Waals surface area contributed by atoms with Crippen LogP contribution in [0.2, 0.25) is 0 Å². The molecule has 2 fully saturated rings. The van der Waals surface area contributed by atoms with E-state index in [0.29, 0.717) is 12.6 Å². The highest BCUT2D eigenvalue weighted by atomic mass is 16.5. The molecule has 0 saturated carbocycles. The molecule has 2 heterocycles. The molecule has 2 saturated heterocycles. The highest BCUT2D eigenvalue weighted by Gasteiger charge is 2.24. The Balaban J connectivity index is 1.58. The van der Waals surface area contributed by atoms with Crippen LogP contribution in [0.3, 0.4) is 0 Å². The molecule has 2 N–H and O–H groups in total. The van der Waals surface area contributed by atoms with Crippen molar-refractivity contribution in [3.05, 3.63) is 35.4 Å². The van der Waals surface area contributed by atoms with E-state index in [4.69, 9.17) is 9.73 Å². The number of rotatable bonds is 9. The highest BCUT2D eigenvalue weighted by molar-refractivity contribution is 5.79. The summed E-state index contributed by atoms with van der Waals surface area (Å²) >= 11 is 0. The minimum atomic E-state index is 0.616. The summed E-state index contributed by atoms with van der Waals surface area (Å²) in [7, 11) is 0. The smallest absolute Gasteiger partial charge is 0.191 e. The fraction of sp³-hybridized carbons (Fsp3) is 0.708. The average Bonchev–Trinajstić information content (AvgIpc) is 3.18. The third-order valence-electron chi connectivity index (χ3n) is 5.97. The molecule has 1 aromatic carbocycles. The molecule has 0 spiro atoms. The molecule has 30 heavy (non-hydrogen) atoms. The first-order valence-electron chi connectivity index (χ1n) is 11.8. The molecule has 1 atom stereocenters. The minimum Gasteiger partial charge on any atom is -0.379 e. The van der Waals surface area contributed by atoms with Gasteiger partial charge in [-0.1, -0.05) is 38.1 Å². The lowest BCUT2D eigenvalue weighted by Crippen LogP contribution is -2.45. The number of likely N-dealkylation sites (tertiary alicyclic amines) is 1. The minimum absolute atomic E-state index is 0.616. The van der Waals surface area contributed by atoms with Gasteiger partial charge in [0.2, 0.25) is 0 Å². The van der Waals surface area contributed by atoms with Crippen LogP contribution in [-0.2, 0) is 17.8 Å². The number of nitrogens with one attached hydrogen (secondary N) is 2. The molecule has 0 amide bonds. The lowest BCUT2D eigenvalue weighted by atomic mass is 10.1. The maximum atomic E-state index is 5.49. The molecular weight excluding hydrogens is 374 g/mol. The standard InChI is InChI=1S/C24H41N5O/c1-4-25-24(27-17-23-10-7-11-29(23)18-20(2)3)26-16-21-8-5-6-9-22(21)19-28-12-14-30-15-13-28/h5-6,8-9,20,23H,4,7,10-19H2,1-3H3,(H2,25,26,27)/t23-/m1/s1. The highest BCUT2D eigenvalue weighted by Crippen LogP contribution is 2.18. The summed E-state index contributed by atoms with van der Waals surface area (Å²) in [5.41, 5.74) is 2.68. The predicted molar refractivity (Wildman–Crippen MR) is 125 cm³/mol. The Morgan fingerprint density at radius 3 is 2.63 bits per heavy atom. The van der Waals surface area contributed by atoms with Crippen LogP contribution in [0, 0.1) is 5.92 Å². The molecule has 0 radical (unpaired) electrons. The first-order chi connectivity index (χ1) is 14.7. The number of hydrogen-bond acceptors (Lipinski definition) is 4. The lowest BCUT2D eigenvalue weighted by Gasteiger charge is -2.27. The molecule has 0 unspecified atom stereocenters. The second-order valence-electron chi connectivity index (χ2n) is 8.92. The van der Waals surface area contributed by atoms with Crippen LogP contribution in [0.15, 0.2) is 29.3 Å². The Bertz CT molecular complexity index is 657. The average molecular weight is 416 g/mol. The quantitative estimate of drug-likeness (QED) is 0.480. The van der Waals surface area contributed by atoms with E-state index in [1.807, 2.05) is 0 Å². The summed E-state index contributed by atoms with van der Waals surface area (Å²) in [6.07, 6.45) is 2.59. The molecule has 6 nitrogen and oxygen atoms in total. The fourth-order valence-electron chi connectivity index (χ4n) is 4.42. The summed E-state index contributed by atoms with van der Waals surface area (Å²) in [6.45, 7) is 16.4. The number of hydrogen-bond donors (Lipinski definition) is 2. The van der Waals surface area contributed by atoms with E-state index in [1.54, 1.807) is 0 Å². The van der Waals surface area contributed by atoms with E-state index in [-0.39, 0.29) is 0 Å². The lowest BCUT2D eigenvalue weighted by molar-refractivity contribution is 0.0341. The number of nitrogens with zero attached hydrogens (tertiary/aromatic N) is 3. The van der Waals surface area contributed by atoms with Gasteiger partial charge in [-0.05, 0) is 43.4 Å². The van der Waals surface area contributed by atoms with E-state index in [2.05, 4.69) is 65.5 Å². The van der Waals surface area contributed by atoms with Gasteiger partial charge >= 0.3 is 0 Å². The van der Waals surface area contributed by atoms with Crippen molar-refractivity contribution < 1.29 is 4.74 Å². The van der Waals surface area contributed by atoms with Gasteiger partial charge in [-0.2, -0.15) is 0 Å².